The third-order valence-electron chi connectivity index (χ3n) is 3.29. The van der Waals surface area contributed by atoms with Crippen molar-refractivity contribution in [3.05, 3.63) is 0 Å². The van der Waals surface area contributed by atoms with Crippen LogP contribution in [0.25, 0.3) is 0 Å². The van der Waals surface area contributed by atoms with Gasteiger partial charge in [0.2, 0.25) is 12.3 Å². The van der Waals surface area contributed by atoms with Gasteiger partial charge in [-0.3, -0.25) is 9.59 Å². The number of rotatable bonds is 8. The molecule has 0 spiro atoms. The number of hydrogen-bond acceptors (Lipinski definition) is 4. The Hall–Kier alpha value is -1.14. The Morgan fingerprint density at radius 1 is 1.21 bits per heavy atom. The van der Waals surface area contributed by atoms with E-state index in [0.717, 1.165) is 32.5 Å². The van der Waals surface area contributed by atoms with E-state index in [4.69, 9.17) is 0 Å². The number of amides is 2. The van der Waals surface area contributed by atoms with Crippen LogP contribution in [-0.4, -0.2) is 86.9 Å². The van der Waals surface area contributed by atoms with Gasteiger partial charge in [-0.15, -0.1) is 0 Å². The van der Waals surface area contributed by atoms with Crippen LogP contribution in [0.3, 0.4) is 0 Å². The van der Waals surface area contributed by atoms with Gasteiger partial charge in [-0.2, -0.15) is 0 Å². The first kappa shape index (κ1) is 15.9. The van der Waals surface area contributed by atoms with Crippen molar-refractivity contribution in [2.45, 2.75) is 12.8 Å². The van der Waals surface area contributed by atoms with Crippen molar-refractivity contribution < 1.29 is 9.59 Å². The van der Waals surface area contributed by atoms with E-state index in [1.54, 1.807) is 4.90 Å². The molecule has 0 aromatic heterocycles. The Bertz CT molecular complexity index is 276. The van der Waals surface area contributed by atoms with Crippen molar-refractivity contribution in [1.82, 2.24) is 20.0 Å². The molecule has 0 bridgehead atoms. The van der Waals surface area contributed by atoms with E-state index >= 15 is 0 Å². The van der Waals surface area contributed by atoms with Crippen LogP contribution >= 0.6 is 0 Å². The van der Waals surface area contributed by atoms with E-state index in [1.165, 1.54) is 0 Å². The molecule has 1 fully saturated rings. The largest absolute Gasteiger partial charge is 0.342 e. The first-order chi connectivity index (χ1) is 9.13. The highest BCUT2D eigenvalue weighted by Crippen LogP contribution is 2.01. The fourth-order valence-corrected chi connectivity index (χ4v) is 2.08. The summed E-state index contributed by atoms with van der Waals surface area (Å²) in [6.07, 6.45) is 2.50. The van der Waals surface area contributed by atoms with E-state index in [2.05, 4.69) is 24.3 Å². The number of piperazine rings is 1. The summed E-state index contributed by atoms with van der Waals surface area (Å²) in [5, 5.41) is 3.29. The summed E-state index contributed by atoms with van der Waals surface area (Å²) in [5.74, 6) is 0.186. The molecule has 2 amide bonds. The molecule has 110 valence electrons. The smallest absolute Gasteiger partial charge is 0.223 e. The predicted octanol–water partition coefficient (Wildman–Crippen LogP) is -0.782. The molecule has 0 unspecified atom stereocenters. The van der Waals surface area contributed by atoms with Gasteiger partial charge in [-0.25, -0.2) is 0 Å². The molecule has 6 heteroatoms. The van der Waals surface area contributed by atoms with Crippen molar-refractivity contribution in [3.8, 4) is 0 Å². The SMILES string of the molecule is CN(C)CCCNCCC(=O)N1CCN(C=O)CC1. The van der Waals surface area contributed by atoms with Gasteiger partial charge in [-0.05, 0) is 33.6 Å². The standard InChI is InChI=1S/C13H26N4O2/c1-15(2)7-3-5-14-6-4-13(19)17-10-8-16(12-18)9-11-17/h12,14H,3-11H2,1-2H3. The number of nitrogens with zero attached hydrogens (tertiary/aromatic N) is 3. The molecule has 1 heterocycles. The number of carbonyl (C=O) groups excluding carboxylic acids is 2. The summed E-state index contributed by atoms with van der Waals surface area (Å²) in [6.45, 7) is 5.40. The maximum Gasteiger partial charge on any atom is 0.223 e. The molecular formula is C13H26N4O2. The summed E-state index contributed by atoms with van der Waals surface area (Å²) >= 11 is 0. The van der Waals surface area contributed by atoms with Gasteiger partial charge in [0, 0.05) is 39.1 Å². The van der Waals surface area contributed by atoms with Crippen LogP contribution in [-0.2, 0) is 9.59 Å². The number of carbonyl (C=O) groups is 2. The predicted molar refractivity (Wildman–Crippen MR) is 74.9 cm³/mol. The third kappa shape index (κ3) is 6.54. The highest BCUT2D eigenvalue weighted by molar-refractivity contribution is 5.76. The maximum absolute atomic E-state index is 11.9. The highest BCUT2D eigenvalue weighted by atomic mass is 16.2. The van der Waals surface area contributed by atoms with Gasteiger partial charge in [0.15, 0.2) is 0 Å². The maximum atomic E-state index is 11.9. The summed E-state index contributed by atoms with van der Waals surface area (Å²) in [6, 6.07) is 0. The Kier molecular flexibility index (Phi) is 7.43. The molecule has 6 nitrogen and oxygen atoms in total. The minimum Gasteiger partial charge on any atom is -0.342 e. The molecule has 1 aliphatic heterocycles. The Labute approximate surface area is 115 Å². The molecule has 0 aromatic carbocycles. The molecule has 0 atom stereocenters. The van der Waals surface area contributed by atoms with Crippen molar-refractivity contribution in [2.75, 3.05) is 59.9 Å². The average molecular weight is 270 g/mol. The van der Waals surface area contributed by atoms with Crippen molar-refractivity contribution in [3.63, 3.8) is 0 Å². The Balaban J connectivity index is 2.03. The lowest BCUT2D eigenvalue weighted by atomic mass is 10.3. The monoisotopic (exact) mass is 270 g/mol. The lowest BCUT2D eigenvalue weighted by Crippen LogP contribution is -2.48. The van der Waals surface area contributed by atoms with Crippen LogP contribution < -0.4 is 5.32 Å². The third-order valence-corrected chi connectivity index (χ3v) is 3.29. The van der Waals surface area contributed by atoms with Gasteiger partial charge >= 0.3 is 0 Å². The van der Waals surface area contributed by atoms with Crippen LogP contribution in [0.4, 0.5) is 0 Å². The zero-order valence-electron chi connectivity index (χ0n) is 12.1. The molecule has 0 radical (unpaired) electrons. The van der Waals surface area contributed by atoms with Gasteiger partial charge < -0.3 is 20.0 Å². The molecule has 19 heavy (non-hydrogen) atoms. The first-order valence-corrected chi connectivity index (χ1v) is 6.96. The quantitative estimate of drug-likeness (QED) is 0.464. The first-order valence-electron chi connectivity index (χ1n) is 6.96. The molecule has 0 saturated carbocycles. The molecule has 1 aliphatic rings. The molecular weight excluding hydrogens is 244 g/mol. The van der Waals surface area contributed by atoms with Crippen molar-refractivity contribution in [2.24, 2.45) is 0 Å². The molecule has 1 saturated heterocycles. The lowest BCUT2D eigenvalue weighted by molar-refractivity contribution is -0.135. The van der Waals surface area contributed by atoms with Crippen LogP contribution in [0.2, 0.25) is 0 Å². The minimum atomic E-state index is 0.186. The highest BCUT2D eigenvalue weighted by Gasteiger charge is 2.19. The van der Waals surface area contributed by atoms with Crippen LogP contribution in [0.15, 0.2) is 0 Å². The topological polar surface area (TPSA) is 55.9 Å². The normalized spacial score (nSPS) is 15.9. The second-order valence-electron chi connectivity index (χ2n) is 5.18. The fraction of sp³-hybridized carbons (Fsp3) is 0.846. The van der Waals surface area contributed by atoms with Crippen molar-refractivity contribution >= 4 is 12.3 Å². The Morgan fingerprint density at radius 3 is 2.47 bits per heavy atom. The summed E-state index contributed by atoms with van der Waals surface area (Å²) in [4.78, 5) is 28.2. The molecule has 1 N–H and O–H groups in total. The molecule has 0 aromatic rings. The number of nitrogens with one attached hydrogen (secondary N) is 1. The second-order valence-corrected chi connectivity index (χ2v) is 5.18. The zero-order valence-corrected chi connectivity index (χ0v) is 12.1. The zero-order chi connectivity index (χ0) is 14.1. The van der Waals surface area contributed by atoms with Gasteiger partial charge in [0.25, 0.3) is 0 Å². The Morgan fingerprint density at radius 2 is 1.89 bits per heavy atom. The average Bonchev–Trinajstić information content (AvgIpc) is 2.42. The van der Waals surface area contributed by atoms with Crippen LogP contribution in [0.5, 0.6) is 0 Å². The van der Waals surface area contributed by atoms with Gasteiger partial charge in [-0.1, -0.05) is 0 Å². The van der Waals surface area contributed by atoms with Gasteiger partial charge in [0.1, 0.15) is 0 Å². The van der Waals surface area contributed by atoms with Gasteiger partial charge in [0.05, 0.1) is 0 Å². The van der Waals surface area contributed by atoms with E-state index in [1.807, 2.05) is 4.90 Å². The molecule has 1 rings (SSSR count). The van der Waals surface area contributed by atoms with E-state index in [0.29, 0.717) is 32.6 Å². The minimum absolute atomic E-state index is 0.186. The van der Waals surface area contributed by atoms with Crippen LogP contribution in [0, 0.1) is 0 Å². The second kappa shape index (κ2) is 8.87. The molecule has 0 aliphatic carbocycles. The summed E-state index contributed by atoms with van der Waals surface area (Å²) in [7, 11) is 4.12. The summed E-state index contributed by atoms with van der Waals surface area (Å²) < 4.78 is 0. The van der Waals surface area contributed by atoms with Crippen molar-refractivity contribution in [1.29, 1.82) is 0 Å². The van der Waals surface area contributed by atoms with E-state index in [-0.39, 0.29) is 5.91 Å². The fourth-order valence-electron chi connectivity index (χ4n) is 2.08. The van der Waals surface area contributed by atoms with E-state index < -0.39 is 0 Å². The number of hydrogen-bond donors (Lipinski definition) is 1. The summed E-state index contributed by atoms with van der Waals surface area (Å²) in [5.41, 5.74) is 0. The lowest BCUT2D eigenvalue weighted by Gasteiger charge is -2.32. The van der Waals surface area contributed by atoms with Crippen LogP contribution in [0.1, 0.15) is 12.8 Å². The van der Waals surface area contributed by atoms with E-state index in [9.17, 15) is 9.59 Å².